The Labute approximate surface area is 182 Å². The van der Waals surface area contributed by atoms with Crippen molar-refractivity contribution in [2.75, 3.05) is 5.32 Å². The van der Waals surface area contributed by atoms with Crippen molar-refractivity contribution in [2.24, 2.45) is 11.8 Å². The molecule has 5 heteroatoms. The van der Waals surface area contributed by atoms with Crippen molar-refractivity contribution >= 4 is 17.5 Å². The first-order chi connectivity index (χ1) is 15.1. The molecule has 2 unspecified atom stereocenters. The van der Waals surface area contributed by atoms with Crippen molar-refractivity contribution in [3.05, 3.63) is 95.6 Å². The van der Waals surface area contributed by atoms with E-state index < -0.39 is 0 Å². The van der Waals surface area contributed by atoms with Crippen molar-refractivity contribution in [1.29, 1.82) is 0 Å². The van der Waals surface area contributed by atoms with E-state index in [1.165, 1.54) is 0 Å². The van der Waals surface area contributed by atoms with Gasteiger partial charge in [-0.3, -0.25) is 9.59 Å². The third kappa shape index (κ3) is 5.51. The van der Waals surface area contributed by atoms with E-state index >= 15 is 0 Å². The molecule has 1 fully saturated rings. The van der Waals surface area contributed by atoms with Crippen LogP contribution < -0.4 is 15.4 Å². The number of carbonyl (C=O) groups is 2. The Bertz CT molecular complexity index is 1050. The smallest absolute Gasteiger partial charge is 0.251 e. The van der Waals surface area contributed by atoms with Gasteiger partial charge in [0, 0.05) is 23.7 Å². The molecule has 0 aliphatic heterocycles. The predicted octanol–water partition coefficient (Wildman–Crippen LogP) is 4.79. The van der Waals surface area contributed by atoms with E-state index in [2.05, 4.69) is 17.6 Å². The average Bonchev–Trinajstić information content (AvgIpc) is 3.54. The third-order valence-electron chi connectivity index (χ3n) is 5.56. The van der Waals surface area contributed by atoms with Gasteiger partial charge in [-0.25, -0.2) is 0 Å². The zero-order valence-electron chi connectivity index (χ0n) is 17.5. The van der Waals surface area contributed by atoms with Gasteiger partial charge in [-0.1, -0.05) is 49.4 Å². The fraction of sp³-hybridized carbons (Fsp3) is 0.231. The second-order valence-corrected chi connectivity index (χ2v) is 7.94. The summed E-state index contributed by atoms with van der Waals surface area (Å²) in [5, 5.41) is 5.87. The van der Waals surface area contributed by atoms with Crippen LogP contribution in [0.25, 0.3) is 0 Å². The molecule has 0 bridgehead atoms. The van der Waals surface area contributed by atoms with E-state index in [-0.39, 0.29) is 17.7 Å². The van der Waals surface area contributed by atoms with E-state index in [0.29, 0.717) is 30.3 Å². The summed E-state index contributed by atoms with van der Waals surface area (Å²) in [6, 6.07) is 24.5. The summed E-state index contributed by atoms with van der Waals surface area (Å²) < 4.78 is 5.85. The molecule has 2 N–H and O–H groups in total. The number of benzene rings is 3. The monoisotopic (exact) mass is 414 g/mol. The minimum atomic E-state index is -0.160. The van der Waals surface area contributed by atoms with Crippen LogP contribution in [0.1, 0.15) is 34.8 Å². The van der Waals surface area contributed by atoms with Gasteiger partial charge in [0.2, 0.25) is 5.91 Å². The normalized spacial score (nSPS) is 16.9. The third-order valence-corrected chi connectivity index (χ3v) is 5.56. The van der Waals surface area contributed by atoms with Crippen LogP contribution in [0.15, 0.2) is 78.9 Å². The fourth-order valence-electron chi connectivity index (χ4n) is 3.45. The topological polar surface area (TPSA) is 67.4 Å². The Morgan fingerprint density at radius 2 is 1.55 bits per heavy atom. The molecule has 0 spiro atoms. The van der Waals surface area contributed by atoms with Crippen LogP contribution in [0.2, 0.25) is 0 Å². The van der Waals surface area contributed by atoms with Gasteiger partial charge in [0.05, 0.1) is 0 Å². The molecule has 4 rings (SSSR count). The number of para-hydroxylation sites is 1. The van der Waals surface area contributed by atoms with Crippen molar-refractivity contribution in [3.8, 4) is 5.75 Å². The second-order valence-electron chi connectivity index (χ2n) is 7.94. The molecule has 0 heterocycles. The highest BCUT2D eigenvalue weighted by molar-refractivity contribution is 5.97. The molecule has 1 aliphatic carbocycles. The Balaban J connectivity index is 1.32. The lowest BCUT2D eigenvalue weighted by atomic mass is 10.1. The first-order valence-electron chi connectivity index (χ1n) is 10.5. The Kier molecular flexibility index (Phi) is 6.32. The summed E-state index contributed by atoms with van der Waals surface area (Å²) in [7, 11) is 0. The Morgan fingerprint density at radius 3 is 2.23 bits per heavy atom. The number of carbonyl (C=O) groups excluding carboxylic acids is 2. The van der Waals surface area contributed by atoms with E-state index in [4.69, 9.17) is 4.74 Å². The van der Waals surface area contributed by atoms with Gasteiger partial charge in [-0.05, 0) is 59.9 Å². The van der Waals surface area contributed by atoms with Crippen LogP contribution in [0.5, 0.6) is 5.75 Å². The van der Waals surface area contributed by atoms with Gasteiger partial charge >= 0.3 is 0 Å². The molecule has 0 aromatic heterocycles. The van der Waals surface area contributed by atoms with E-state index in [1.807, 2.05) is 54.6 Å². The van der Waals surface area contributed by atoms with E-state index in [1.54, 1.807) is 24.3 Å². The van der Waals surface area contributed by atoms with Gasteiger partial charge in [0.25, 0.3) is 5.91 Å². The number of rotatable bonds is 8. The lowest BCUT2D eigenvalue weighted by molar-refractivity contribution is -0.117. The van der Waals surface area contributed by atoms with E-state index in [9.17, 15) is 9.59 Å². The number of anilines is 1. The van der Waals surface area contributed by atoms with Gasteiger partial charge in [-0.2, -0.15) is 0 Å². The highest BCUT2D eigenvalue weighted by atomic mass is 16.5. The van der Waals surface area contributed by atoms with Crippen LogP contribution in [0, 0.1) is 11.8 Å². The quantitative estimate of drug-likeness (QED) is 0.557. The van der Waals surface area contributed by atoms with Crippen LogP contribution in [-0.2, 0) is 17.9 Å². The molecule has 5 nitrogen and oxygen atoms in total. The predicted molar refractivity (Wildman–Crippen MR) is 121 cm³/mol. The van der Waals surface area contributed by atoms with Crippen molar-refractivity contribution in [3.63, 3.8) is 0 Å². The summed E-state index contributed by atoms with van der Waals surface area (Å²) in [6.45, 7) is 2.92. The molecule has 0 saturated heterocycles. The summed E-state index contributed by atoms with van der Waals surface area (Å²) in [5.41, 5.74) is 3.30. The molecule has 1 aliphatic rings. The van der Waals surface area contributed by atoms with Crippen LogP contribution >= 0.6 is 0 Å². The van der Waals surface area contributed by atoms with Gasteiger partial charge in [0.1, 0.15) is 12.4 Å². The van der Waals surface area contributed by atoms with Crippen LogP contribution in [0.3, 0.4) is 0 Å². The van der Waals surface area contributed by atoms with Gasteiger partial charge < -0.3 is 15.4 Å². The van der Waals surface area contributed by atoms with Gasteiger partial charge in [-0.15, -0.1) is 0 Å². The number of ether oxygens (including phenoxy) is 1. The molecule has 3 aromatic rings. The molecular formula is C26H26N2O3. The van der Waals surface area contributed by atoms with Crippen molar-refractivity contribution < 1.29 is 14.3 Å². The summed E-state index contributed by atoms with van der Waals surface area (Å²) in [6.07, 6.45) is 0.949. The highest BCUT2D eigenvalue weighted by Gasteiger charge is 2.39. The largest absolute Gasteiger partial charge is 0.489 e. The SMILES string of the molecule is CC1CC1C(=O)Nc1ccc(C(=O)NCc2ccccc2COc2ccccc2)cc1. The molecule has 1 saturated carbocycles. The first-order valence-corrected chi connectivity index (χ1v) is 10.5. The maximum Gasteiger partial charge on any atom is 0.251 e. The molecule has 3 aromatic carbocycles. The molecular weight excluding hydrogens is 388 g/mol. The lowest BCUT2D eigenvalue weighted by Gasteiger charge is -2.12. The van der Waals surface area contributed by atoms with E-state index in [0.717, 1.165) is 23.3 Å². The second kappa shape index (κ2) is 9.47. The summed E-state index contributed by atoms with van der Waals surface area (Å²) >= 11 is 0. The van der Waals surface area contributed by atoms with Crippen molar-refractivity contribution in [2.45, 2.75) is 26.5 Å². The number of nitrogens with one attached hydrogen (secondary N) is 2. The number of hydrogen-bond donors (Lipinski definition) is 2. The van der Waals surface area contributed by atoms with Crippen LogP contribution in [0.4, 0.5) is 5.69 Å². The van der Waals surface area contributed by atoms with Crippen molar-refractivity contribution in [1.82, 2.24) is 5.32 Å². The lowest BCUT2D eigenvalue weighted by Crippen LogP contribution is -2.23. The highest BCUT2D eigenvalue weighted by Crippen LogP contribution is 2.38. The molecule has 2 atom stereocenters. The minimum Gasteiger partial charge on any atom is -0.489 e. The van der Waals surface area contributed by atoms with Gasteiger partial charge in [0.15, 0.2) is 0 Å². The Hall–Kier alpha value is -3.60. The molecule has 0 radical (unpaired) electrons. The summed E-state index contributed by atoms with van der Waals surface area (Å²) in [4.78, 5) is 24.6. The zero-order chi connectivity index (χ0) is 21.6. The molecule has 31 heavy (non-hydrogen) atoms. The average molecular weight is 415 g/mol. The standard InChI is InChI=1S/C26H26N2O3/c1-18-15-24(18)26(30)28-22-13-11-19(12-14-22)25(29)27-16-20-7-5-6-8-21(20)17-31-23-9-3-2-4-10-23/h2-14,18,24H,15-17H2,1H3,(H,27,29)(H,28,30). The molecule has 158 valence electrons. The summed E-state index contributed by atoms with van der Waals surface area (Å²) in [5.74, 6) is 1.29. The Morgan fingerprint density at radius 1 is 0.903 bits per heavy atom. The number of hydrogen-bond acceptors (Lipinski definition) is 3. The maximum atomic E-state index is 12.6. The zero-order valence-corrected chi connectivity index (χ0v) is 17.5. The maximum absolute atomic E-state index is 12.6. The number of amides is 2. The first kappa shape index (κ1) is 20.7. The minimum absolute atomic E-state index is 0.0547. The fourth-order valence-corrected chi connectivity index (χ4v) is 3.45. The molecule has 2 amide bonds. The van der Waals surface area contributed by atoms with Crippen LogP contribution in [-0.4, -0.2) is 11.8 Å².